The van der Waals surface area contributed by atoms with Crippen LogP contribution in [0, 0.1) is 12.8 Å². The van der Waals surface area contributed by atoms with Crippen molar-refractivity contribution in [3.05, 3.63) is 64.2 Å². The van der Waals surface area contributed by atoms with Crippen molar-refractivity contribution in [3.63, 3.8) is 0 Å². The van der Waals surface area contributed by atoms with Crippen molar-refractivity contribution in [1.82, 2.24) is 4.90 Å². The predicted octanol–water partition coefficient (Wildman–Crippen LogP) is 4.58. The van der Waals surface area contributed by atoms with Crippen LogP contribution in [0.1, 0.15) is 30.5 Å². The van der Waals surface area contributed by atoms with Gasteiger partial charge in [0.1, 0.15) is 0 Å². The van der Waals surface area contributed by atoms with Crippen molar-refractivity contribution in [1.29, 1.82) is 0 Å². The molecule has 4 rings (SSSR count). The summed E-state index contributed by atoms with van der Waals surface area (Å²) >= 11 is 7.84. The van der Waals surface area contributed by atoms with E-state index >= 15 is 0 Å². The summed E-state index contributed by atoms with van der Waals surface area (Å²) in [4.78, 5) is 29.3. The van der Waals surface area contributed by atoms with Crippen molar-refractivity contribution in [2.24, 2.45) is 5.92 Å². The number of amides is 2. The maximum absolute atomic E-state index is 13.8. The van der Waals surface area contributed by atoms with Gasteiger partial charge < -0.3 is 9.80 Å². The number of halogens is 1. The largest absolute Gasteiger partial charge is 0.315 e. The summed E-state index contributed by atoms with van der Waals surface area (Å²) < 4.78 is 0. The number of rotatable bonds is 3. The highest BCUT2D eigenvalue weighted by Crippen LogP contribution is 2.55. The molecule has 0 N–H and O–H groups in total. The average molecular weight is 415 g/mol. The number of carbonyl (C=O) groups is 2. The number of hydrogen-bond donors (Lipinski definition) is 0. The van der Waals surface area contributed by atoms with Gasteiger partial charge in [-0.15, -0.1) is 11.8 Å². The Morgan fingerprint density at radius 1 is 1.21 bits per heavy atom. The van der Waals surface area contributed by atoms with Crippen molar-refractivity contribution in [3.8, 4) is 0 Å². The molecule has 2 heterocycles. The summed E-state index contributed by atoms with van der Waals surface area (Å²) in [6.45, 7) is 6.84. The van der Waals surface area contributed by atoms with Gasteiger partial charge in [0.15, 0.2) is 4.87 Å². The minimum atomic E-state index is -1.01. The Morgan fingerprint density at radius 3 is 2.61 bits per heavy atom. The normalized spacial score (nSPS) is 21.1. The zero-order chi connectivity index (χ0) is 20.1. The molecule has 2 aromatic rings. The standard InChI is InChI=1S/C22H23ClN2O2S/c1-14(2)20(26)25-10-11-28-22(25)18-12-17(23)8-9-19(18)24(21(22)27)13-16-6-4-15(3)5-7-16/h4-9,12,14H,10-11,13H2,1-3H3/t22-/m0/s1. The second-order valence-corrected chi connectivity index (χ2v) is 9.40. The number of hydrogen-bond acceptors (Lipinski definition) is 3. The van der Waals surface area contributed by atoms with Gasteiger partial charge in [-0.25, -0.2) is 0 Å². The minimum Gasteiger partial charge on any atom is -0.315 e. The van der Waals surface area contributed by atoms with Crippen molar-refractivity contribution < 1.29 is 9.59 Å². The maximum atomic E-state index is 13.8. The molecule has 0 aromatic heterocycles. The number of carbonyl (C=O) groups excluding carboxylic acids is 2. The highest BCUT2D eigenvalue weighted by atomic mass is 35.5. The summed E-state index contributed by atoms with van der Waals surface area (Å²) in [5.74, 6) is 0.509. The third kappa shape index (κ3) is 2.92. The molecular weight excluding hydrogens is 392 g/mol. The highest BCUT2D eigenvalue weighted by Gasteiger charge is 2.59. The number of aryl methyl sites for hydroxylation is 1. The number of anilines is 1. The van der Waals surface area contributed by atoms with E-state index in [1.54, 1.807) is 9.80 Å². The van der Waals surface area contributed by atoms with E-state index in [1.165, 1.54) is 17.3 Å². The zero-order valence-corrected chi connectivity index (χ0v) is 17.8. The van der Waals surface area contributed by atoms with Gasteiger partial charge >= 0.3 is 0 Å². The quantitative estimate of drug-likeness (QED) is 0.738. The van der Waals surface area contributed by atoms with Crippen LogP contribution in [0.15, 0.2) is 42.5 Å². The fourth-order valence-corrected chi connectivity index (χ4v) is 5.58. The number of benzene rings is 2. The summed E-state index contributed by atoms with van der Waals surface area (Å²) in [7, 11) is 0. The molecule has 0 aliphatic carbocycles. The first-order valence-corrected chi connectivity index (χ1v) is 10.8. The van der Waals surface area contributed by atoms with Crippen LogP contribution in [0.5, 0.6) is 0 Å². The predicted molar refractivity (Wildman–Crippen MR) is 115 cm³/mol. The second kappa shape index (κ2) is 7.12. The van der Waals surface area contributed by atoms with Gasteiger partial charge in [-0.3, -0.25) is 9.59 Å². The molecule has 2 aliphatic heterocycles. The van der Waals surface area contributed by atoms with Gasteiger partial charge in [0.2, 0.25) is 5.91 Å². The summed E-state index contributed by atoms with van der Waals surface area (Å²) in [5.41, 5.74) is 3.90. The van der Waals surface area contributed by atoms with Gasteiger partial charge in [0.25, 0.3) is 5.91 Å². The van der Waals surface area contributed by atoms with Gasteiger partial charge in [0.05, 0.1) is 12.2 Å². The smallest absolute Gasteiger partial charge is 0.268 e. The molecule has 2 aromatic carbocycles. The molecule has 0 radical (unpaired) electrons. The van der Waals surface area contributed by atoms with Gasteiger partial charge in [-0.05, 0) is 30.7 Å². The molecule has 2 aliphatic rings. The van der Waals surface area contributed by atoms with E-state index in [0.29, 0.717) is 18.1 Å². The Bertz CT molecular complexity index is 944. The van der Waals surface area contributed by atoms with Crippen LogP contribution in [0.25, 0.3) is 0 Å². The van der Waals surface area contributed by atoms with Crippen LogP contribution in [-0.4, -0.2) is 29.0 Å². The lowest BCUT2D eigenvalue weighted by Crippen LogP contribution is -2.51. The van der Waals surface area contributed by atoms with Crippen LogP contribution in [0.2, 0.25) is 5.02 Å². The molecule has 0 bridgehead atoms. The van der Waals surface area contributed by atoms with Gasteiger partial charge in [-0.1, -0.05) is 55.3 Å². The fourth-order valence-electron chi connectivity index (χ4n) is 3.95. The molecule has 6 heteroatoms. The fraction of sp³-hybridized carbons (Fsp3) is 0.364. The van der Waals surface area contributed by atoms with Gasteiger partial charge in [-0.2, -0.15) is 0 Å². The van der Waals surface area contributed by atoms with E-state index < -0.39 is 4.87 Å². The van der Waals surface area contributed by atoms with E-state index in [1.807, 2.05) is 63.2 Å². The molecule has 1 atom stereocenters. The SMILES string of the molecule is Cc1ccc(CN2C(=O)[C@@]3(SCCN3C(=O)C(C)C)c3cc(Cl)ccc32)cc1. The molecule has 146 valence electrons. The Labute approximate surface area is 174 Å². The van der Waals surface area contributed by atoms with Crippen LogP contribution in [-0.2, 0) is 21.0 Å². The molecule has 1 fully saturated rings. The van der Waals surface area contributed by atoms with E-state index in [2.05, 4.69) is 0 Å². The Balaban J connectivity index is 1.81. The van der Waals surface area contributed by atoms with Crippen LogP contribution >= 0.6 is 23.4 Å². The second-order valence-electron chi connectivity index (χ2n) is 7.68. The molecule has 2 amide bonds. The molecule has 0 saturated carbocycles. The maximum Gasteiger partial charge on any atom is 0.268 e. The van der Waals surface area contributed by atoms with Crippen molar-refractivity contribution in [2.45, 2.75) is 32.2 Å². The highest BCUT2D eigenvalue weighted by molar-refractivity contribution is 8.01. The van der Waals surface area contributed by atoms with Crippen LogP contribution in [0.4, 0.5) is 5.69 Å². The third-order valence-corrected chi connectivity index (χ3v) is 7.03. The van der Waals surface area contributed by atoms with E-state index in [-0.39, 0.29) is 17.7 Å². The van der Waals surface area contributed by atoms with E-state index in [9.17, 15) is 9.59 Å². The monoisotopic (exact) mass is 414 g/mol. The molecular formula is C22H23ClN2O2S. The summed E-state index contributed by atoms with van der Waals surface area (Å²) in [6, 6.07) is 13.7. The summed E-state index contributed by atoms with van der Waals surface area (Å²) in [5, 5.41) is 0.576. The third-order valence-electron chi connectivity index (χ3n) is 5.38. The van der Waals surface area contributed by atoms with Crippen LogP contribution < -0.4 is 4.90 Å². The number of nitrogens with zero attached hydrogens (tertiary/aromatic N) is 2. The molecule has 1 spiro atoms. The molecule has 4 nitrogen and oxygen atoms in total. The van der Waals surface area contributed by atoms with Crippen molar-refractivity contribution in [2.75, 3.05) is 17.2 Å². The average Bonchev–Trinajstić information content (AvgIpc) is 3.20. The topological polar surface area (TPSA) is 40.6 Å². The number of fused-ring (bicyclic) bond motifs is 2. The lowest BCUT2D eigenvalue weighted by atomic mass is 10.0. The van der Waals surface area contributed by atoms with E-state index in [4.69, 9.17) is 11.6 Å². The van der Waals surface area contributed by atoms with Gasteiger partial charge in [0, 0.05) is 28.8 Å². The Kier molecular flexibility index (Phi) is 4.92. The van der Waals surface area contributed by atoms with Crippen LogP contribution in [0.3, 0.4) is 0 Å². The van der Waals surface area contributed by atoms with E-state index in [0.717, 1.165) is 22.6 Å². The lowest BCUT2D eigenvalue weighted by molar-refractivity contribution is -0.142. The molecule has 28 heavy (non-hydrogen) atoms. The van der Waals surface area contributed by atoms with Crippen molar-refractivity contribution >= 4 is 40.9 Å². The lowest BCUT2D eigenvalue weighted by Gasteiger charge is -2.34. The first-order chi connectivity index (χ1) is 13.3. The Morgan fingerprint density at radius 2 is 1.93 bits per heavy atom. The first kappa shape index (κ1) is 19.3. The minimum absolute atomic E-state index is 0.00135. The first-order valence-electron chi connectivity index (χ1n) is 9.47. The molecule has 1 saturated heterocycles. The zero-order valence-electron chi connectivity index (χ0n) is 16.2. The number of thioether (sulfide) groups is 1. The molecule has 0 unspecified atom stereocenters. The Hall–Kier alpha value is -1.98. The summed E-state index contributed by atoms with van der Waals surface area (Å²) in [6.07, 6.45) is 0.